The first-order valence-corrected chi connectivity index (χ1v) is 1.10. The van der Waals surface area contributed by atoms with Gasteiger partial charge in [-0.2, -0.15) is 0 Å². The molecule has 0 amide bonds. The molecule has 0 rings (SSSR count). The third-order valence-corrected chi connectivity index (χ3v) is 0. The summed E-state index contributed by atoms with van der Waals surface area (Å²) in [6, 6.07) is 0. The molecule has 0 aromatic carbocycles. The molecule has 0 saturated carbocycles. The first-order valence-electron chi connectivity index (χ1n) is 0.365. The number of hydrogen-bond donors (Lipinski definition) is 0. The van der Waals surface area contributed by atoms with Crippen molar-refractivity contribution in [1.82, 2.24) is 0 Å². The third kappa shape index (κ3) is 161. The maximum atomic E-state index is 8.35. The van der Waals surface area contributed by atoms with Gasteiger partial charge in [0.25, 0.3) is 0 Å². The summed E-state index contributed by atoms with van der Waals surface area (Å²) < 4.78 is 16.7. The van der Waals surface area contributed by atoms with E-state index in [-0.39, 0.29) is 32.2 Å². The first kappa shape index (κ1) is 30.5. The molecular formula is CH6Cl2O2P. The Balaban J connectivity index is -0.00000000667. The SMILES string of the molecule is C.Cl.Cl.O=[P]=O. The van der Waals surface area contributed by atoms with Crippen LogP contribution in [0.1, 0.15) is 7.43 Å². The van der Waals surface area contributed by atoms with Crippen molar-refractivity contribution in [2.75, 3.05) is 0 Å². The first-order chi connectivity index (χ1) is 1.41. The molecule has 0 aromatic heterocycles. The molecule has 0 aliphatic carbocycles. The summed E-state index contributed by atoms with van der Waals surface area (Å²) in [5.74, 6) is 0. The molecule has 0 atom stereocenters. The van der Waals surface area contributed by atoms with E-state index in [1.54, 1.807) is 0 Å². The van der Waals surface area contributed by atoms with E-state index in [1.165, 1.54) is 0 Å². The van der Waals surface area contributed by atoms with Gasteiger partial charge in [-0.25, -0.2) is 0 Å². The van der Waals surface area contributed by atoms with Crippen LogP contribution in [0.5, 0.6) is 0 Å². The number of hydrogen-bond acceptors (Lipinski definition) is 2. The van der Waals surface area contributed by atoms with Gasteiger partial charge >= 0.3 is 17.5 Å². The van der Waals surface area contributed by atoms with Gasteiger partial charge in [0.1, 0.15) is 0 Å². The fraction of sp³-hybridized carbons (Fsp3) is 1.00. The average Bonchev–Trinajstić information content (AvgIpc) is 0.918. The summed E-state index contributed by atoms with van der Waals surface area (Å²) in [7, 11) is -1.08. The number of halogens is 2. The molecule has 0 bridgehead atoms. The Hall–Kier alpha value is 0.610. The Morgan fingerprint density at radius 1 is 1.00 bits per heavy atom. The zero-order valence-electron chi connectivity index (χ0n) is 2.08. The molecule has 0 fully saturated rings. The van der Waals surface area contributed by atoms with Gasteiger partial charge in [0.2, 0.25) is 0 Å². The summed E-state index contributed by atoms with van der Waals surface area (Å²) in [4.78, 5) is 0. The van der Waals surface area contributed by atoms with Crippen LogP contribution in [0.4, 0.5) is 0 Å². The normalized spacial score (nSPS) is 1.33. The molecule has 0 N–H and O–H groups in total. The van der Waals surface area contributed by atoms with Gasteiger partial charge in [-0.15, -0.1) is 24.8 Å². The van der Waals surface area contributed by atoms with E-state index >= 15 is 0 Å². The second kappa shape index (κ2) is 46.0. The van der Waals surface area contributed by atoms with Crippen LogP contribution in [0.3, 0.4) is 0 Å². The molecule has 6 heavy (non-hydrogen) atoms. The van der Waals surface area contributed by atoms with Crippen LogP contribution >= 0.6 is 33.2 Å². The summed E-state index contributed by atoms with van der Waals surface area (Å²) in [5, 5.41) is 0. The van der Waals surface area contributed by atoms with Gasteiger partial charge in [-0.3, -0.25) is 0 Å². The Morgan fingerprint density at radius 2 is 1.00 bits per heavy atom. The van der Waals surface area contributed by atoms with E-state index < -0.39 is 8.34 Å². The molecule has 2 nitrogen and oxygen atoms in total. The van der Waals surface area contributed by atoms with Crippen molar-refractivity contribution in [1.29, 1.82) is 0 Å². The molecule has 0 spiro atoms. The van der Waals surface area contributed by atoms with Crippen molar-refractivity contribution >= 4 is 33.2 Å². The van der Waals surface area contributed by atoms with E-state index in [0.717, 1.165) is 0 Å². The monoisotopic (exact) mass is 151 g/mol. The van der Waals surface area contributed by atoms with Gasteiger partial charge in [0.05, 0.1) is 0 Å². The van der Waals surface area contributed by atoms with E-state index in [9.17, 15) is 0 Å². The molecule has 0 aliphatic heterocycles. The van der Waals surface area contributed by atoms with Crippen molar-refractivity contribution in [3.8, 4) is 0 Å². The average molecular weight is 152 g/mol. The van der Waals surface area contributed by atoms with Crippen LogP contribution in [0.2, 0.25) is 0 Å². The Morgan fingerprint density at radius 3 is 1.00 bits per heavy atom. The fourth-order valence-electron chi connectivity index (χ4n) is 0. The van der Waals surface area contributed by atoms with E-state index in [0.29, 0.717) is 0 Å². The minimum atomic E-state index is -1.08. The molecule has 0 unspecified atom stereocenters. The molecule has 0 aromatic rings. The molecule has 0 aliphatic rings. The quantitative estimate of drug-likeness (QED) is 0.498. The van der Waals surface area contributed by atoms with Crippen LogP contribution in [0.25, 0.3) is 0 Å². The standard InChI is InChI=1S/CH4.2ClH.O2P/c;;;1-3-2/h1H4;2*1H;. The predicted octanol–water partition coefficient (Wildman–Crippen LogP) is 2.10. The molecule has 41 valence electrons. The molecular weight excluding hydrogens is 146 g/mol. The predicted molar refractivity (Wildman–Crippen MR) is 29.5 cm³/mol. The number of rotatable bonds is 0. The fourth-order valence-corrected chi connectivity index (χ4v) is 0. The second-order valence-electron chi connectivity index (χ2n) is 0.0745. The molecule has 1 radical (unpaired) electrons. The topological polar surface area (TPSA) is 34.1 Å². The van der Waals surface area contributed by atoms with Gasteiger partial charge in [0.15, 0.2) is 0 Å². The zero-order chi connectivity index (χ0) is 2.71. The van der Waals surface area contributed by atoms with Crippen molar-refractivity contribution in [2.24, 2.45) is 0 Å². The summed E-state index contributed by atoms with van der Waals surface area (Å²) in [5.41, 5.74) is 0. The van der Waals surface area contributed by atoms with Crippen LogP contribution < -0.4 is 0 Å². The van der Waals surface area contributed by atoms with Crippen molar-refractivity contribution in [2.45, 2.75) is 7.43 Å². The van der Waals surface area contributed by atoms with Gasteiger partial charge < -0.3 is 0 Å². The Kier molecular flexibility index (Phi) is 234. The molecule has 0 heterocycles. The van der Waals surface area contributed by atoms with Gasteiger partial charge in [-0.1, -0.05) is 7.43 Å². The van der Waals surface area contributed by atoms with E-state index in [2.05, 4.69) is 0 Å². The van der Waals surface area contributed by atoms with Gasteiger partial charge in [-0.05, 0) is 0 Å². The summed E-state index contributed by atoms with van der Waals surface area (Å²) in [6.07, 6.45) is 0. The third-order valence-electron chi connectivity index (χ3n) is 0. The minimum absolute atomic E-state index is 0. The van der Waals surface area contributed by atoms with Crippen LogP contribution in [-0.4, -0.2) is 0 Å². The Labute approximate surface area is 50.4 Å². The van der Waals surface area contributed by atoms with Crippen LogP contribution in [-0.2, 0) is 9.13 Å². The van der Waals surface area contributed by atoms with Crippen LogP contribution in [0.15, 0.2) is 0 Å². The van der Waals surface area contributed by atoms with Crippen LogP contribution in [0, 0.1) is 0 Å². The van der Waals surface area contributed by atoms with Crippen molar-refractivity contribution < 1.29 is 9.13 Å². The summed E-state index contributed by atoms with van der Waals surface area (Å²) >= 11 is 0. The Bertz CT molecular complexity index is 32.5. The maximum absolute atomic E-state index is 8.35. The zero-order valence-corrected chi connectivity index (χ0v) is 4.61. The van der Waals surface area contributed by atoms with E-state index in [4.69, 9.17) is 9.13 Å². The van der Waals surface area contributed by atoms with Crippen molar-refractivity contribution in [3.05, 3.63) is 0 Å². The summed E-state index contributed by atoms with van der Waals surface area (Å²) in [6.45, 7) is 0. The second-order valence-corrected chi connectivity index (χ2v) is 0.224. The van der Waals surface area contributed by atoms with E-state index in [1.807, 2.05) is 0 Å². The van der Waals surface area contributed by atoms with Gasteiger partial charge in [0, 0.05) is 0 Å². The molecule has 0 saturated heterocycles. The van der Waals surface area contributed by atoms with Crippen molar-refractivity contribution in [3.63, 3.8) is 0 Å². The molecule has 5 heteroatoms.